The standard InChI is InChI=1S/C13H12BFO2S/c15-12-7-10(6-11(8-12)14(16)17)9-18-13-4-2-1-3-5-13/h1-8,16-17H,9H2. The van der Waals surface area contributed by atoms with Crippen molar-refractivity contribution in [3.63, 3.8) is 0 Å². The number of benzene rings is 2. The second kappa shape index (κ2) is 6.04. The van der Waals surface area contributed by atoms with Crippen molar-refractivity contribution in [2.45, 2.75) is 10.6 Å². The van der Waals surface area contributed by atoms with Crippen LogP contribution in [-0.2, 0) is 5.75 Å². The predicted molar refractivity (Wildman–Crippen MR) is 72.2 cm³/mol. The summed E-state index contributed by atoms with van der Waals surface area (Å²) in [5.74, 6) is 0.130. The lowest BCUT2D eigenvalue weighted by Crippen LogP contribution is -2.30. The number of hydrogen-bond acceptors (Lipinski definition) is 3. The van der Waals surface area contributed by atoms with Gasteiger partial charge in [0, 0.05) is 10.6 Å². The minimum Gasteiger partial charge on any atom is -0.423 e. The topological polar surface area (TPSA) is 40.5 Å². The van der Waals surface area contributed by atoms with Gasteiger partial charge < -0.3 is 10.0 Å². The molecule has 0 amide bonds. The van der Waals surface area contributed by atoms with E-state index in [4.69, 9.17) is 10.0 Å². The van der Waals surface area contributed by atoms with Crippen LogP contribution in [0.1, 0.15) is 5.56 Å². The Morgan fingerprint density at radius 1 is 1.06 bits per heavy atom. The molecule has 0 spiro atoms. The zero-order valence-electron chi connectivity index (χ0n) is 9.58. The van der Waals surface area contributed by atoms with E-state index in [0.717, 1.165) is 16.5 Å². The molecule has 0 aromatic heterocycles. The van der Waals surface area contributed by atoms with E-state index in [1.54, 1.807) is 17.8 Å². The molecule has 0 atom stereocenters. The van der Waals surface area contributed by atoms with Crippen molar-refractivity contribution in [2.75, 3.05) is 0 Å². The molecule has 2 nitrogen and oxygen atoms in total. The van der Waals surface area contributed by atoms with Gasteiger partial charge in [-0.2, -0.15) is 0 Å². The van der Waals surface area contributed by atoms with Gasteiger partial charge >= 0.3 is 7.12 Å². The minimum absolute atomic E-state index is 0.179. The Balaban J connectivity index is 2.10. The minimum atomic E-state index is -1.64. The van der Waals surface area contributed by atoms with Crippen LogP contribution >= 0.6 is 11.8 Å². The summed E-state index contributed by atoms with van der Waals surface area (Å²) in [7, 11) is -1.64. The van der Waals surface area contributed by atoms with Crippen molar-refractivity contribution in [3.8, 4) is 0 Å². The van der Waals surface area contributed by atoms with E-state index in [1.165, 1.54) is 6.07 Å². The van der Waals surface area contributed by atoms with E-state index in [2.05, 4.69) is 0 Å². The molecule has 18 heavy (non-hydrogen) atoms. The second-order valence-electron chi connectivity index (χ2n) is 3.87. The number of thioether (sulfide) groups is 1. The Labute approximate surface area is 110 Å². The zero-order valence-corrected chi connectivity index (χ0v) is 10.4. The van der Waals surface area contributed by atoms with E-state index >= 15 is 0 Å². The first kappa shape index (κ1) is 13.1. The van der Waals surface area contributed by atoms with E-state index in [0.29, 0.717) is 5.75 Å². The van der Waals surface area contributed by atoms with E-state index < -0.39 is 12.9 Å². The summed E-state index contributed by atoms with van der Waals surface area (Å²) < 4.78 is 13.3. The fourth-order valence-electron chi connectivity index (χ4n) is 1.59. The van der Waals surface area contributed by atoms with Crippen molar-refractivity contribution >= 4 is 24.3 Å². The van der Waals surface area contributed by atoms with Gasteiger partial charge in [-0.25, -0.2) is 4.39 Å². The van der Waals surface area contributed by atoms with Gasteiger partial charge in [-0.3, -0.25) is 0 Å². The molecule has 0 unspecified atom stereocenters. The third kappa shape index (κ3) is 3.60. The first-order chi connectivity index (χ1) is 8.65. The smallest absolute Gasteiger partial charge is 0.423 e. The third-order valence-corrected chi connectivity index (χ3v) is 3.51. The molecule has 2 aromatic rings. The third-order valence-electron chi connectivity index (χ3n) is 2.43. The highest BCUT2D eigenvalue weighted by Gasteiger charge is 2.13. The zero-order chi connectivity index (χ0) is 13.0. The molecule has 0 saturated carbocycles. The molecule has 2 rings (SSSR count). The summed E-state index contributed by atoms with van der Waals surface area (Å²) in [6.07, 6.45) is 0. The van der Waals surface area contributed by atoms with Crippen molar-refractivity contribution < 1.29 is 14.4 Å². The Bertz CT molecular complexity index is 520. The monoisotopic (exact) mass is 262 g/mol. The number of halogens is 1. The summed E-state index contributed by atoms with van der Waals surface area (Å²) in [5, 5.41) is 18.1. The highest BCUT2D eigenvalue weighted by atomic mass is 32.2. The fourth-order valence-corrected chi connectivity index (χ4v) is 2.44. The second-order valence-corrected chi connectivity index (χ2v) is 4.92. The molecule has 0 aliphatic heterocycles. The maximum absolute atomic E-state index is 13.3. The highest BCUT2D eigenvalue weighted by molar-refractivity contribution is 7.98. The average molecular weight is 262 g/mol. The molecule has 0 radical (unpaired) electrons. The lowest BCUT2D eigenvalue weighted by atomic mass is 9.79. The Hall–Kier alpha value is -1.30. The molecule has 0 saturated heterocycles. The van der Waals surface area contributed by atoms with E-state index in [1.807, 2.05) is 30.3 Å². The first-order valence-corrected chi connectivity index (χ1v) is 6.47. The van der Waals surface area contributed by atoms with Crippen LogP contribution in [0, 0.1) is 5.82 Å². The largest absolute Gasteiger partial charge is 0.488 e. The van der Waals surface area contributed by atoms with Gasteiger partial charge in [-0.1, -0.05) is 24.3 Å². The van der Waals surface area contributed by atoms with Crippen LogP contribution in [0.4, 0.5) is 4.39 Å². The summed E-state index contributed by atoms with van der Waals surface area (Å²) >= 11 is 1.57. The van der Waals surface area contributed by atoms with Crippen LogP contribution in [-0.4, -0.2) is 17.2 Å². The fraction of sp³-hybridized carbons (Fsp3) is 0.0769. The lowest BCUT2D eigenvalue weighted by molar-refractivity contribution is 0.425. The molecule has 0 aliphatic carbocycles. The van der Waals surface area contributed by atoms with Crippen LogP contribution < -0.4 is 5.46 Å². The van der Waals surface area contributed by atoms with Gasteiger partial charge in [0.05, 0.1) is 0 Å². The number of rotatable bonds is 4. The van der Waals surface area contributed by atoms with Crippen LogP contribution in [0.5, 0.6) is 0 Å². The molecule has 0 bridgehead atoms. The first-order valence-electron chi connectivity index (χ1n) is 5.48. The van der Waals surface area contributed by atoms with Crippen molar-refractivity contribution in [3.05, 3.63) is 59.9 Å². The highest BCUT2D eigenvalue weighted by Crippen LogP contribution is 2.22. The summed E-state index contributed by atoms with van der Waals surface area (Å²) in [4.78, 5) is 1.09. The van der Waals surface area contributed by atoms with Gasteiger partial charge in [0.25, 0.3) is 0 Å². The Morgan fingerprint density at radius 3 is 2.44 bits per heavy atom. The Kier molecular flexibility index (Phi) is 4.41. The molecule has 92 valence electrons. The molecule has 0 fully saturated rings. The van der Waals surface area contributed by atoms with Gasteiger partial charge in [0.15, 0.2) is 0 Å². The van der Waals surface area contributed by atoms with Crippen LogP contribution in [0.15, 0.2) is 53.4 Å². The van der Waals surface area contributed by atoms with Crippen LogP contribution in [0.25, 0.3) is 0 Å². The van der Waals surface area contributed by atoms with Crippen LogP contribution in [0.3, 0.4) is 0 Å². The van der Waals surface area contributed by atoms with Crippen molar-refractivity contribution in [1.82, 2.24) is 0 Å². The molecule has 0 aliphatic rings. The maximum Gasteiger partial charge on any atom is 0.488 e. The SMILES string of the molecule is OB(O)c1cc(F)cc(CSc2ccccc2)c1. The van der Waals surface area contributed by atoms with Crippen molar-refractivity contribution in [1.29, 1.82) is 0 Å². The van der Waals surface area contributed by atoms with Crippen molar-refractivity contribution in [2.24, 2.45) is 0 Å². The predicted octanol–water partition coefficient (Wildman–Crippen LogP) is 1.80. The quantitative estimate of drug-likeness (QED) is 0.652. The summed E-state index contributed by atoms with van der Waals surface area (Å²) in [5.41, 5.74) is 0.908. The van der Waals surface area contributed by atoms with Gasteiger partial charge in [-0.15, -0.1) is 11.8 Å². The number of hydrogen-bond donors (Lipinski definition) is 2. The van der Waals surface area contributed by atoms with E-state index in [-0.39, 0.29) is 5.46 Å². The lowest BCUT2D eigenvalue weighted by Gasteiger charge is -2.05. The van der Waals surface area contributed by atoms with Gasteiger partial charge in [-0.05, 0) is 35.3 Å². The molecule has 0 heterocycles. The summed E-state index contributed by atoms with van der Waals surface area (Å²) in [6.45, 7) is 0. The Morgan fingerprint density at radius 2 is 1.78 bits per heavy atom. The maximum atomic E-state index is 13.3. The molecule has 2 aromatic carbocycles. The van der Waals surface area contributed by atoms with Gasteiger partial charge in [0.2, 0.25) is 0 Å². The molecular formula is C13H12BFO2S. The summed E-state index contributed by atoms with van der Waals surface area (Å²) in [6, 6.07) is 13.9. The van der Waals surface area contributed by atoms with Crippen LogP contribution in [0.2, 0.25) is 0 Å². The molecular weight excluding hydrogens is 250 g/mol. The average Bonchev–Trinajstić information content (AvgIpc) is 2.37. The molecule has 2 N–H and O–H groups in total. The normalized spacial score (nSPS) is 10.4. The van der Waals surface area contributed by atoms with Gasteiger partial charge in [0.1, 0.15) is 5.82 Å². The molecule has 5 heteroatoms. The van der Waals surface area contributed by atoms with E-state index in [9.17, 15) is 4.39 Å².